The summed E-state index contributed by atoms with van der Waals surface area (Å²) in [6.45, 7) is -2.84. The van der Waals surface area contributed by atoms with E-state index in [-0.39, 0.29) is 17.8 Å². The van der Waals surface area contributed by atoms with Crippen LogP contribution in [0.5, 0.6) is 5.75 Å². The zero-order valence-corrected chi connectivity index (χ0v) is 11.3. The summed E-state index contributed by atoms with van der Waals surface area (Å²) in [4.78, 5) is 0. The van der Waals surface area contributed by atoms with Crippen molar-refractivity contribution in [2.45, 2.75) is 25.1 Å². The summed E-state index contributed by atoms with van der Waals surface area (Å²) in [6.07, 6.45) is 0.725. The first-order chi connectivity index (χ1) is 10.1. The number of anilines is 1. The highest BCUT2D eigenvalue weighted by atomic mass is 19.3. The molecule has 3 N–H and O–H groups in total. The highest BCUT2D eigenvalue weighted by molar-refractivity contribution is 5.58. The summed E-state index contributed by atoms with van der Waals surface area (Å²) < 4.78 is 29.4. The van der Waals surface area contributed by atoms with Gasteiger partial charge >= 0.3 is 6.61 Å². The first kappa shape index (κ1) is 13.8. The fraction of sp³-hybridized carbons (Fsp3) is 0.250. The lowest BCUT2D eigenvalue weighted by molar-refractivity contribution is -0.0493. The van der Waals surface area contributed by atoms with E-state index in [9.17, 15) is 8.78 Å². The molecule has 0 bridgehead atoms. The van der Waals surface area contributed by atoms with Gasteiger partial charge in [0, 0.05) is 6.04 Å². The SMILES string of the molecule is NC1CC(Nc2ccccc2OC(F)F)c2ccccc21. The predicted molar refractivity (Wildman–Crippen MR) is 77.4 cm³/mol. The summed E-state index contributed by atoms with van der Waals surface area (Å²) in [7, 11) is 0. The van der Waals surface area contributed by atoms with Gasteiger partial charge in [-0.2, -0.15) is 8.78 Å². The number of hydrogen-bond acceptors (Lipinski definition) is 3. The highest BCUT2D eigenvalue weighted by Gasteiger charge is 2.28. The number of alkyl halides is 2. The molecule has 0 saturated carbocycles. The van der Waals surface area contributed by atoms with Gasteiger partial charge in [-0.15, -0.1) is 0 Å². The van der Waals surface area contributed by atoms with Gasteiger partial charge in [-0.25, -0.2) is 0 Å². The van der Waals surface area contributed by atoms with Gasteiger partial charge in [-0.3, -0.25) is 0 Å². The summed E-state index contributed by atoms with van der Waals surface area (Å²) >= 11 is 0. The molecule has 2 aromatic rings. The van der Waals surface area contributed by atoms with E-state index in [1.54, 1.807) is 18.2 Å². The van der Waals surface area contributed by atoms with Crippen LogP contribution in [0.15, 0.2) is 48.5 Å². The molecular formula is C16H16F2N2O. The van der Waals surface area contributed by atoms with E-state index in [2.05, 4.69) is 10.1 Å². The Hall–Kier alpha value is -2.14. The summed E-state index contributed by atoms with van der Waals surface area (Å²) in [6, 6.07) is 14.6. The normalized spacial score (nSPS) is 20.4. The van der Waals surface area contributed by atoms with Crippen molar-refractivity contribution in [2.75, 3.05) is 5.32 Å². The maximum Gasteiger partial charge on any atom is 0.387 e. The summed E-state index contributed by atoms with van der Waals surface area (Å²) in [5.74, 6) is 0.144. The van der Waals surface area contributed by atoms with Gasteiger partial charge in [-0.05, 0) is 29.7 Å². The van der Waals surface area contributed by atoms with Gasteiger partial charge < -0.3 is 15.8 Å². The lowest BCUT2D eigenvalue weighted by Gasteiger charge is -2.18. The number of para-hydroxylation sites is 2. The van der Waals surface area contributed by atoms with E-state index < -0.39 is 6.61 Å². The van der Waals surface area contributed by atoms with Crippen molar-refractivity contribution in [3.05, 3.63) is 59.7 Å². The Labute approximate surface area is 121 Å². The Morgan fingerprint density at radius 1 is 1.05 bits per heavy atom. The molecular weight excluding hydrogens is 274 g/mol. The largest absolute Gasteiger partial charge is 0.433 e. The van der Waals surface area contributed by atoms with E-state index in [4.69, 9.17) is 5.73 Å². The van der Waals surface area contributed by atoms with Crippen molar-refractivity contribution >= 4 is 5.69 Å². The van der Waals surface area contributed by atoms with Crippen LogP contribution in [0.1, 0.15) is 29.6 Å². The van der Waals surface area contributed by atoms with Crippen LogP contribution in [0.25, 0.3) is 0 Å². The fourth-order valence-corrected chi connectivity index (χ4v) is 2.78. The van der Waals surface area contributed by atoms with E-state index in [1.165, 1.54) is 6.07 Å². The second kappa shape index (κ2) is 5.69. The molecule has 5 heteroatoms. The van der Waals surface area contributed by atoms with Crippen molar-refractivity contribution < 1.29 is 13.5 Å². The Morgan fingerprint density at radius 2 is 1.71 bits per heavy atom. The molecule has 0 amide bonds. The zero-order chi connectivity index (χ0) is 14.8. The Kier molecular flexibility index (Phi) is 3.75. The molecule has 21 heavy (non-hydrogen) atoms. The predicted octanol–water partition coefficient (Wildman–Crippen LogP) is 3.84. The maximum absolute atomic E-state index is 12.4. The molecule has 2 atom stereocenters. The van der Waals surface area contributed by atoms with E-state index >= 15 is 0 Å². The monoisotopic (exact) mass is 290 g/mol. The van der Waals surface area contributed by atoms with Crippen LogP contribution in [0.3, 0.4) is 0 Å². The molecule has 0 heterocycles. The van der Waals surface area contributed by atoms with Crippen LogP contribution in [0.2, 0.25) is 0 Å². The van der Waals surface area contributed by atoms with Crippen molar-refractivity contribution in [1.82, 2.24) is 0 Å². The third-order valence-electron chi connectivity index (χ3n) is 3.69. The number of nitrogens with one attached hydrogen (secondary N) is 1. The molecule has 0 radical (unpaired) electrons. The molecule has 110 valence electrons. The van der Waals surface area contributed by atoms with Gasteiger partial charge in [0.1, 0.15) is 5.75 Å². The highest BCUT2D eigenvalue weighted by Crippen LogP contribution is 2.40. The maximum atomic E-state index is 12.4. The first-order valence-corrected chi connectivity index (χ1v) is 6.80. The molecule has 0 aromatic heterocycles. The molecule has 3 rings (SSSR count). The quantitative estimate of drug-likeness (QED) is 0.899. The van der Waals surface area contributed by atoms with Crippen LogP contribution in [0.4, 0.5) is 14.5 Å². The van der Waals surface area contributed by atoms with Gasteiger partial charge in [0.05, 0.1) is 11.7 Å². The van der Waals surface area contributed by atoms with Crippen LogP contribution >= 0.6 is 0 Å². The lowest BCUT2D eigenvalue weighted by Crippen LogP contribution is -2.12. The summed E-state index contributed by atoms with van der Waals surface area (Å²) in [5.41, 5.74) is 8.87. The van der Waals surface area contributed by atoms with Crippen molar-refractivity contribution in [3.8, 4) is 5.75 Å². The molecule has 2 aromatic carbocycles. The smallest absolute Gasteiger partial charge is 0.387 e. The standard InChI is InChI=1S/C16H16F2N2O/c17-16(18)21-15-8-4-3-7-13(15)20-14-9-12(19)10-5-1-2-6-11(10)14/h1-8,12,14,16,20H,9,19H2. The molecule has 3 nitrogen and oxygen atoms in total. The minimum absolute atomic E-state index is 0.00128. The number of halogens is 2. The molecule has 0 aliphatic heterocycles. The Balaban J connectivity index is 1.85. The average Bonchev–Trinajstić information content (AvgIpc) is 2.78. The van der Waals surface area contributed by atoms with Crippen LogP contribution in [-0.2, 0) is 0 Å². The molecule has 1 aliphatic rings. The molecule has 0 saturated heterocycles. The molecule has 0 spiro atoms. The average molecular weight is 290 g/mol. The number of nitrogens with two attached hydrogens (primary N) is 1. The van der Waals surface area contributed by atoms with Gasteiger partial charge in [-0.1, -0.05) is 36.4 Å². The fourth-order valence-electron chi connectivity index (χ4n) is 2.78. The van der Waals surface area contributed by atoms with Crippen LogP contribution in [0, 0.1) is 0 Å². The van der Waals surface area contributed by atoms with Crippen LogP contribution in [-0.4, -0.2) is 6.61 Å². The Bertz CT molecular complexity index is 633. The Morgan fingerprint density at radius 3 is 2.48 bits per heavy atom. The van der Waals surface area contributed by atoms with E-state index in [1.807, 2.05) is 24.3 Å². The number of benzene rings is 2. The van der Waals surface area contributed by atoms with Crippen molar-refractivity contribution in [1.29, 1.82) is 0 Å². The van der Waals surface area contributed by atoms with Crippen molar-refractivity contribution in [2.24, 2.45) is 5.73 Å². The number of ether oxygens (including phenoxy) is 1. The topological polar surface area (TPSA) is 47.3 Å². The van der Waals surface area contributed by atoms with Gasteiger partial charge in [0.2, 0.25) is 0 Å². The van der Waals surface area contributed by atoms with Crippen molar-refractivity contribution in [3.63, 3.8) is 0 Å². The number of fused-ring (bicyclic) bond motifs is 1. The first-order valence-electron chi connectivity index (χ1n) is 6.80. The van der Waals surface area contributed by atoms with Gasteiger partial charge in [0.15, 0.2) is 0 Å². The molecule has 2 unspecified atom stereocenters. The van der Waals surface area contributed by atoms with E-state index in [0.717, 1.165) is 17.5 Å². The second-order valence-electron chi connectivity index (χ2n) is 5.04. The lowest BCUT2D eigenvalue weighted by atomic mass is 10.1. The minimum atomic E-state index is -2.84. The van der Waals surface area contributed by atoms with Crippen LogP contribution < -0.4 is 15.8 Å². The minimum Gasteiger partial charge on any atom is -0.433 e. The van der Waals surface area contributed by atoms with Gasteiger partial charge in [0.25, 0.3) is 0 Å². The second-order valence-corrected chi connectivity index (χ2v) is 5.04. The molecule has 0 fully saturated rings. The summed E-state index contributed by atoms with van der Waals surface area (Å²) in [5, 5.41) is 3.26. The number of hydrogen-bond donors (Lipinski definition) is 2. The van der Waals surface area contributed by atoms with E-state index in [0.29, 0.717) is 5.69 Å². The zero-order valence-electron chi connectivity index (χ0n) is 11.3. The molecule has 1 aliphatic carbocycles. The third kappa shape index (κ3) is 2.83. The third-order valence-corrected chi connectivity index (χ3v) is 3.69. The number of rotatable bonds is 4.